The quantitative estimate of drug-likeness (QED) is 0.896. The standard InChI is InChI=1S/C12H15N5OS/c1-17-7-14-16-12(17)19-10-5-4-9(13)11(15-10)18-6-8-2-3-8/h4-5,7-8H,2-3,6,13H2,1H3. The first kappa shape index (κ1) is 12.3. The Bertz CT molecular complexity index is 581. The van der Waals surface area contributed by atoms with Crippen LogP contribution in [0.1, 0.15) is 12.8 Å². The van der Waals surface area contributed by atoms with Crippen LogP contribution in [0.15, 0.2) is 28.6 Å². The molecule has 0 aromatic carbocycles. The van der Waals surface area contributed by atoms with Gasteiger partial charge in [-0.3, -0.25) is 0 Å². The Labute approximate surface area is 115 Å². The van der Waals surface area contributed by atoms with Crippen LogP contribution in [0.2, 0.25) is 0 Å². The van der Waals surface area contributed by atoms with Gasteiger partial charge in [-0.25, -0.2) is 4.98 Å². The molecule has 0 bridgehead atoms. The third-order valence-electron chi connectivity index (χ3n) is 2.88. The molecule has 0 unspecified atom stereocenters. The molecule has 2 heterocycles. The molecular formula is C12H15N5OS. The second-order valence-corrected chi connectivity index (χ2v) is 5.61. The molecule has 2 N–H and O–H groups in total. The minimum absolute atomic E-state index is 0.513. The number of aryl methyl sites for hydroxylation is 1. The van der Waals surface area contributed by atoms with Crippen LogP contribution in [0, 0.1) is 5.92 Å². The van der Waals surface area contributed by atoms with Gasteiger partial charge in [0, 0.05) is 7.05 Å². The zero-order chi connectivity index (χ0) is 13.2. The van der Waals surface area contributed by atoms with Gasteiger partial charge in [0.1, 0.15) is 11.4 Å². The summed E-state index contributed by atoms with van der Waals surface area (Å²) in [5.74, 6) is 1.19. The van der Waals surface area contributed by atoms with E-state index in [-0.39, 0.29) is 0 Å². The van der Waals surface area contributed by atoms with Crippen molar-refractivity contribution in [3.8, 4) is 5.88 Å². The van der Waals surface area contributed by atoms with Crippen molar-refractivity contribution in [2.24, 2.45) is 13.0 Å². The monoisotopic (exact) mass is 277 g/mol. The molecule has 3 rings (SSSR count). The molecule has 1 saturated carbocycles. The van der Waals surface area contributed by atoms with Crippen molar-refractivity contribution in [1.82, 2.24) is 19.7 Å². The first-order valence-electron chi connectivity index (χ1n) is 6.13. The van der Waals surface area contributed by atoms with E-state index in [0.29, 0.717) is 24.1 Å². The van der Waals surface area contributed by atoms with E-state index in [0.717, 1.165) is 10.2 Å². The number of nitrogens with two attached hydrogens (primary N) is 1. The lowest BCUT2D eigenvalue weighted by Gasteiger charge is -2.08. The Morgan fingerprint density at radius 3 is 3.00 bits per heavy atom. The summed E-state index contributed by atoms with van der Waals surface area (Å²) in [6, 6.07) is 3.67. The highest BCUT2D eigenvalue weighted by molar-refractivity contribution is 7.99. The summed E-state index contributed by atoms with van der Waals surface area (Å²) in [4.78, 5) is 4.42. The largest absolute Gasteiger partial charge is 0.476 e. The van der Waals surface area contributed by atoms with E-state index in [1.807, 2.05) is 23.7 Å². The average molecular weight is 277 g/mol. The molecule has 1 aliphatic carbocycles. The van der Waals surface area contributed by atoms with Gasteiger partial charge in [-0.2, -0.15) is 0 Å². The molecule has 1 fully saturated rings. The number of nitrogen functional groups attached to an aromatic ring is 1. The predicted octanol–water partition coefficient (Wildman–Crippen LogP) is 1.73. The fourth-order valence-electron chi connectivity index (χ4n) is 1.55. The van der Waals surface area contributed by atoms with Crippen molar-refractivity contribution in [1.29, 1.82) is 0 Å². The summed E-state index contributed by atoms with van der Waals surface area (Å²) in [7, 11) is 1.89. The van der Waals surface area contributed by atoms with Crippen molar-refractivity contribution < 1.29 is 4.74 Å². The molecule has 2 aromatic rings. The lowest BCUT2D eigenvalue weighted by atomic mass is 10.4. The molecule has 100 valence electrons. The van der Waals surface area contributed by atoms with E-state index in [1.54, 1.807) is 6.33 Å². The number of ether oxygens (including phenoxy) is 1. The molecule has 0 atom stereocenters. The van der Waals surface area contributed by atoms with Crippen molar-refractivity contribution >= 4 is 17.4 Å². The third kappa shape index (κ3) is 2.98. The summed E-state index contributed by atoms with van der Waals surface area (Å²) < 4.78 is 7.50. The Morgan fingerprint density at radius 2 is 2.32 bits per heavy atom. The Kier molecular flexibility index (Phi) is 3.29. The molecule has 0 spiro atoms. The fourth-order valence-corrected chi connectivity index (χ4v) is 2.28. The highest BCUT2D eigenvalue weighted by Crippen LogP contribution is 2.32. The van der Waals surface area contributed by atoms with Gasteiger partial charge in [-0.15, -0.1) is 10.2 Å². The molecule has 7 heteroatoms. The number of hydrogen-bond acceptors (Lipinski definition) is 6. The third-order valence-corrected chi connectivity index (χ3v) is 3.87. The molecule has 0 saturated heterocycles. The smallest absolute Gasteiger partial charge is 0.238 e. The molecule has 0 aliphatic heterocycles. The van der Waals surface area contributed by atoms with Crippen LogP contribution >= 0.6 is 11.8 Å². The Morgan fingerprint density at radius 1 is 1.47 bits per heavy atom. The van der Waals surface area contributed by atoms with Crippen LogP contribution in [0.4, 0.5) is 5.69 Å². The first-order chi connectivity index (χ1) is 9.22. The van der Waals surface area contributed by atoms with E-state index in [2.05, 4.69) is 15.2 Å². The summed E-state index contributed by atoms with van der Waals surface area (Å²) in [5.41, 5.74) is 6.44. The lowest BCUT2D eigenvalue weighted by molar-refractivity contribution is 0.288. The molecule has 0 amide bonds. The summed E-state index contributed by atoms with van der Waals surface area (Å²) in [6.07, 6.45) is 4.14. The fraction of sp³-hybridized carbons (Fsp3) is 0.417. The van der Waals surface area contributed by atoms with Gasteiger partial charge in [0.25, 0.3) is 0 Å². The van der Waals surface area contributed by atoms with Crippen LogP contribution < -0.4 is 10.5 Å². The number of aromatic nitrogens is 4. The normalized spacial score (nSPS) is 14.6. The van der Waals surface area contributed by atoms with Crippen LogP contribution in [-0.4, -0.2) is 26.4 Å². The Balaban J connectivity index is 1.74. The van der Waals surface area contributed by atoms with Gasteiger partial charge in [-0.1, -0.05) is 0 Å². The molecular weight excluding hydrogens is 262 g/mol. The number of hydrogen-bond donors (Lipinski definition) is 1. The van der Waals surface area contributed by atoms with Crippen LogP contribution in [0.25, 0.3) is 0 Å². The van der Waals surface area contributed by atoms with Gasteiger partial charge >= 0.3 is 0 Å². The maximum Gasteiger partial charge on any atom is 0.238 e. The van der Waals surface area contributed by atoms with Gasteiger partial charge in [-0.05, 0) is 42.7 Å². The molecule has 0 radical (unpaired) electrons. The minimum atomic E-state index is 0.513. The highest BCUT2D eigenvalue weighted by atomic mass is 32.2. The van der Waals surface area contributed by atoms with Crippen LogP contribution in [0.5, 0.6) is 5.88 Å². The number of nitrogens with zero attached hydrogens (tertiary/aromatic N) is 4. The van der Waals surface area contributed by atoms with Gasteiger partial charge in [0.05, 0.1) is 12.3 Å². The zero-order valence-electron chi connectivity index (χ0n) is 10.6. The number of anilines is 1. The molecule has 19 heavy (non-hydrogen) atoms. The van der Waals surface area contributed by atoms with E-state index in [4.69, 9.17) is 10.5 Å². The van der Waals surface area contributed by atoms with Crippen molar-refractivity contribution in [2.45, 2.75) is 23.0 Å². The average Bonchev–Trinajstić information content (AvgIpc) is 3.14. The van der Waals surface area contributed by atoms with Crippen molar-refractivity contribution in [3.63, 3.8) is 0 Å². The van der Waals surface area contributed by atoms with E-state index >= 15 is 0 Å². The summed E-state index contributed by atoms with van der Waals surface area (Å²) in [6.45, 7) is 0.704. The molecule has 2 aromatic heterocycles. The predicted molar refractivity (Wildman–Crippen MR) is 72.0 cm³/mol. The van der Waals surface area contributed by atoms with E-state index < -0.39 is 0 Å². The maximum atomic E-state index is 5.87. The first-order valence-corrected chi connectivity index (χ1v) is 6.95. The van der Waals surface area contributed by atoms with Gasteiger partial charge in [0.2, 0.25) is 5.88 Å². The van der Waals surface area contributed by atoms with Crippen LogP contribution in [-0.2, 0) is 7.05 Å². The Hall–Kier alpha value is -1.76. The summed E-state index contributed by atoms with van der Waals surface area (Å²) in [5, 5.41) is 9.43. The second kappa shape index (κ2) is 5.08. The number of rotatable bonds is 5. The van der Waals surface area contributed by atoms with E-state index in [1.165, 1.54) is 24.6 Å². The second-order valence-electron chi connectivity index (χ2n) is 4.62. The highest BCUT2D eigenvalue weighted by Gasteiger charge is 2.22. The van der Waals surface area contributed by atoms with Crippen molar-refractivity contribution in [2.75, 3.05) is 12.3 Å². The van der Waals surface area contributed by atoms with Gasteiger partial charge < -0.3 is 15.0 Å². The number of pyridine rings is 1. The maximum absolute atomic E-state index is 5.87. The zero-order valence-corrected chi connectivity index (χ0v) is 11.4. The van der Waals surface area contributed by atoms with E-state index in [9.17, 15) is 0 Å². The SMILES string of the molecule is Cn1cnnc1Sc1ccc(N)c(OCC2CC2)n1. The summed E-state index contributed by atoms with van der Waals surface area (Å²) >= 11 is 1.44. The topological polar surface area (TPSA) is 78.9 Å². The van der Waals surface area contributed by atoms with Crippen molar-refractivity contribution in [3.05, 3.63) is 18.5 Å². The minimum Gasteiger partial charge on any atom is -0.476 e. The lowest BCUT2D eigenvalue weighted by Crippen LogP contribution is -2.04. The van der Waals surface area contributed by atoms with Crippen LogP contribution in [0.3, 0.4) is 0 Å². The molecule has 1 aliphatic rings. The molecule has 6 nitrogen and oxygen atoms in total. The van der Waals surface area contributed by atoms with Gasteiger partial charge in [0.15, 0.2) is 5.16 Å².